The highest BCUT2D eigenvalue weighted by atomic mass is 35.5. The third-order valence-corrected chi connectivity index (χ3v) is 8.60. The number of benzene rings is 2. The number of carbonyl (C=O) groups excluding carboxylic acids is 1. The van der Waals surface area contributed by atoms with Gasteiger partial charge in [0.25, 0.3) is 0 Å². The molecule has 0 atom stereocenters. The highest BCUT2D eigenvalue weighted by Crippen LogP contribution is 2.27. The molecule has 0 saturated carbocycles. The van der Waals surface area contributed by atoms with Crippen LogP contribution in [0.25, 0.3) is 0 Å². The predicted molar refractivity (Wildman–Crippen MR) is 125 cm³/mol. The quantitative estimate of drug-likeness (QED) is 0.577. The number of sulfonamides is 1. The van der Waals surface area contributed by atoms with Gasteiger partial charge in [0, 0.05) is 32.1 Å². The van der Waals surface area contributed by atoms with Crippen molar-refractivity contribution >= 4 is 39.1 Å². The van der Waals surface area contributed by atoms with Crippen molar-refractivity contribution in [2.24, 2.45) is 5.92 Å². The highest BCUT2D eigenvalue weighted by Gasteiger charge is 2.33. The van der Waals surface area contributed by atoms with Gasteiger partial charge in [-0.25, -0.2) is 8.42 Å². The van der Waals surface area contributed by atoms with Crippen molar-refractivity contribution in [1.82, 2.24) is 9.21 Å². The van der Waals surface area contributed by atoms with Crippen LogP contribution in [0.4, 0.5) is 0 Å². The first-order valence-electron chi connectivity index (χ1n) is 10.4. The van der Waals surface area contributed by atoms with Gasteiger partial charge in [0.2, 0.25) is 15.9 Å². The molecule has 0 aliphatic carbocycles. The normalized spacial score (nSPS) is 15.8. The second-order valence-electron chi connectivity index (χ2n) is 8.03. The van der Waals surface area contributed by atoms with Gasteiger partial charge in [-0.05, 0) is 74.6 Å². The number of nitrogens with zero attached hydrogens (tertiary/aromatic N) is 2. The molecule has 2 aromatic rings. The predicted octanol–water partition coefficient (Wildman–Crippen LogP) is 5.06. The number of halogens is 2. The van der Waals surface area contributed by atoms with Crippen LogP contribution in [-0.2, 0) is 21.4 Å². The Bertz CT molecular complexity index is 1060. The molecule has 3 rings (SSSR count). The zero-order chi connectivity index (χ0) is 22.8. The van der Waals surface area contributed by atoms with Gasteiger partial charge >= 0.3 is 0 Å². The molecule has 1 aliphatic heterocycles. The Balaban J connectivity index is 1.65. The molecule has 0 spiro atoms. The van der Waals surface area contributed by atoms with Crippen LogP contribution in [0.15, 0.2) is 41.3 Å². The molecule has 1 fully saturated rings. The van der Waals surface area contributed by atoms with E-state index in [0.29, 0.717) is 54.0 Å². The molecule has 0 bridgehead atoms. The molecular formula is C23H28Cl2N2O3S. The summed E-state index contributed by atoms with van der Waals surface area (Å²) < 4.78 is 27.5. The second-order valence-corrected chi connectivity index (χ2v) is 10.8. The number of rotatable bonds is 6. The van der Waals surface area contributed by atoms with Crippen LogP contribution in [-0.4, -0.2) is 43.2 Å². The Hall–Kier alpha value is -1.60. The average molecular weight is 483 g/mol. The van der Waals surface area contributed by atoms with Crippen LogP contribution in [0, 0.1) is 19.8 Å². The van der Waals surface area contributed by atoms with Gasteiger partial charge in [-0.15, -0.1) is 0 Å². The lowest BCUT2D eigenvalue weighted by Gasteiger charge is -2.33. The van der Waals surface area contributed by atoms with E-state index in [-0.39, 0.29) is 11.8 Å². The highest BCUT2D eigenvalue weighted by molar-refractivity contribution is 7.89. The Morgan fingerprint density at radius 2 is 1.71 bits per heavy atom. The summed E-state index contributed by atoms with van der Waals surface area (Å²) in [6.45, 7) is 7.51. The summed E-state index contributed by atoms with van der Waals surface area (Å²) in [6.07, 6.45) is 1.03. The van der Waals surface area contributed by atoms with Crippen molar-refractivity contribution in [2.45, 2.75) is 45.1 Å². The molecule has 1 heterocycles. The maximum Gasteiger partial charge on any atom is 0.243 e. The van der Waals surface area contributed by atoms with E-state index in [2.05, 4.69) is 0 Å². The molecule has 168 valence electrons. The largest absolute Gasteiger partial charge is 0.338 e. The van der Waals surface area contributed by atoms with Crippen LogP contribution >= 0.6 is 23.2 Å². The molecule has 1 amide bonds. The Labute approximate surface area is 195 Å². The van der Waals surface area contributed by atoms with Gasteiger partial charge in [-0.2, -0.15) is 4.31 Å². The molecule has 1 aliphatic rings. The molecule has 2 aromatic carbocycles. The Kier molecular flexibility index (Phi) is 7.68. The number of amides is 1. The van der Waals surface area contributed by atoms with Gasteiger partial charge in [0.1, 0.15) is 0 Å². The monoisotopic (exact) mass is 482 g/mol. The van der Waals surface area contributed by atoms with Crippen LogP contribution < -0.4 is 0 Å². The second kappa shape index (κ2) is 9.90. The standard InChI is InChI=1S/C23H28Cl2N2O3S/c1-4-26(15-18-6-8-21(24)22(25)14-18)23(28)19-9-11-27(12-10-19)31(29,30)20-7-5-16(2)17(3)13-20/h5-8,13-14,19H,4,9-12,15H2,1-3H3. The van der Waals surface area contributed by atoms with Crippen molar-refractivity contribution in [2.75, 3.05) is 19.6 Å². The van der Waals surface area contributed by atoms with E-state index in [1.54, 1.807) is 29.2 Å². The van der Waals surface area contributed by atoms with Crippen molar-refractivity contribution in [3.05, 3.63) is 63.1 Å². The van der Waals surface area contributed by atoms with E-state index in [9.17, 15) is 13.2 Å². The fourth-order valence-corrected chi connectivity index (χ4v) is 5.70. The summed E-state index contributed by atoms with van der Waals surface area (Å²) in [5, 5.41) is 0.949. The van der Waals surface area contributed by atoms with Gasteiger partial charge in [0.15, 0.2) is 0 Å². The summed E-state index contributed by atoms with van der Waals surface area (Å²) in [5.74, 6) is -0.134. The number of hydrogen-bond donors (Lipinski definition) is 0. The van der Waals surface area contributed by atoms with E-state index in [4.69, 9.17) is 23.2 Å². The van der Waals surface area contributed by atoms with E-state index in [0.717, 1.165) is 16.7 Å². The summed E-state index contributed by atoms with van der Waals surface area (Å²) >= 11 is 12.1. The Morgan fingerprint density at radius 1 is 1.03 bits per heavy atom. The summed E-state index contributed by atoms with van der Waals surface area (Å²) in [6, 6.07) is 10.6. The van der Waals surface area contributed by atoms with Gasteiger partial charge in [-0.3, -0.25) is 4.79 Å². The minimum atomic E-state index is -3.55. The zero-order valence-corrected chi connectivity index (χ0v) is 20.4. The number of hydrogen-bond acceptors (Lipinski definition) is 3. The first-order valence-corrected chi connectivity index (χ1v) is 12.6. The number of carbonyl (C=O) groups is 1. The molecular weight excluding hydrogens is 455 g/mol. The molecule has 0 aromatic heterocycles. The topological polar surface area (TPSA) is 57.7 Å². The van der Waals surface area contributed by atoms with E-state index in [1.807, 2.05) is 32.9 Å². The fraction of sp³-hybridized carbons (Fsp3) is 0.435. The van der Waals surface area contributed by atoms with E-state index >= 15 is 0 Å². The third kappa shape index (κ3) is 5.43. The number of aryl methyl sites for hydroxylation is 2. The lowest BCUT2D eigenvalue weighted by Crippen LogP contribution is -2.44. The summed E-state index contributed by atoms with van der Waals surface area (Å²) in [5.41, 5.74) is 2.93. The van der Waals surface area contributed by atoms with Crippen molar-refractivity contribution < 1.29 is 13.2 Å². The molecule has 8 heteroatoms. The van der Waals surface area contributed by atoms with Crippen LogP contribution in [0.3, 0.4) is 0 Å². The lowest BCUT2D eigenvalue weighted by atomic mass is 9.96. The smallest absolute Gasteiger partial charge is 0.243 e. The summed E-state index contributed by atoms with van der Waals surface area (Å²) in [4.78, 5) is 15.2. The SMILES string of the molecule is CCN(Cc1ccc(Cl)c(Cl)c1)C(=O)C1CCN(S(=O)(=O)c2ccc(C)c(C)c2)CC1. The Morgan fingerprint density at radius 3 is 2.29 bits per heavy atom. The van der Waals surface area contributed by atoms with Crippen molar-refractivity contribution in [3.63, 3.8) is 0 Å². The van der Waals surface area contributed by atoms with Crippen molar-refractivity contribution in [3.8, 4) is 0 Å². The number of piperidine rings is 1. The summed E-state index contributed by atoms with van der Waals surface area (Å²) in [7, 11) is -3.55. The first kappa shape index (κ1) is 24.1. The minimum absolute atomic E-state index is 0.0526. The molecule has 31 heavy (non-hydrogen) atoms. The molecule has 0 unspecified atom stereocenters. The van der Waals surface area contributed by atoms with Gasteiger partial charge < -0.3 is 4.90 Å². The van der Waals surface area contributed by atoms with Crippen LogP contribution in [0.5, 0.6) is 0 Å². The van der Waals surface area contributed by atoms with E-state index < -0.39 is 10.0 Å². The average Bonchev–Trinajstić information content (AvgIpc) is 2.76. The van der Waals surface area contributed by atoms with Crippen LogP contribution in [0.1, 0.15) is 36.5 Å². The fourth-order valence-electron chi connectivity index (χ4n) is 3.83. The molecule has 1 saturated heterocycles. The van der Waals surface area contributed by atoms with Gasteiger partial charge in [-0.1, -0.05) is 35.3 Å². The third-order valence-electron chi connectivity index (χ3n) is 5.97. The maximum atomic E-state index is 13.1. The first-order chi connectivity index (χ1) is 14.6. The van der Waals surface area contributed by atoms with E-state index in [1.165, 1.54) is 4.31 Å². The lowest BCUT2D eigenvalue weighted by molar-refractivity contribution is -0.137. The molecule has 0 N–H and O–H groups in total. The molecule has 5 nitrogen and oxygen atoms in total. The van der Waals surface area contributed by atoms with Crippen LogP contribution in [0.2, 0.25) is 10.0 Å². The maximum absolute atomic E-state index is 13.1. The minimum Gasteiger partial charge on any atom is -0.338 e. The zero-order valence-electron chi connectivity index (χ0n) is 18.1. The molecule has 0 radical (unpaired) electrons. The van der Waals surface area contributed by atoms with Gasteiger partial charge in [0.05, 0.1) is 14.9 Å². The van der Waals surface area contributed by atoms with Crippen molar-refractivity contribution in [1.29, 1.82) is 0 Å².